The Bertz CT molecular complexity index is 741. The third-order valence-corrected chi connectivity index (χ3v) is 4.40. The number of aromatic nitrogens is 2. The summed E-state index contributed by atoms with van der Waals surface area (Å²) in [5, 5.41) is 3.12. The summed E-state index contributed by atoms with van der Waals surface area (Å²) in [6.07, 6.45) is 3.72. The number of nitrogens with zero attached hydrogens (tertiary/aromatic N) is 5. The zero-order valence-corrected chi connectivity index (χ0v) is 16.6. The highest BCUT2D eigenvalue weighted by Crippen LogP contribution is 2.16. The molecule has 0 aliphatic carbocycles. The van der Waals surface area contributed by atoms with Crippen molar-refractivity contribution >= 4 is 17.6 Å². The molecule has 2 heterocycles. The van der Waals surface area contributed by atoms with E-state index in [1.165, 1.54) is 0 Å². The summed E-state index contributed by atoms with van der Waals surface area (Å²) in [6, 6.07) is 9.55. The lowest BCUT2D eigenvalue weighted by Crippen LogP contribution is -2.47. The standard InChI is InChI=1S/C20H29N7O/c1-16(2)28-18-6-4-17(5-7-18)25-19(21)22-10-11-26-12-14-27(15-13-26)20-23-8-3-9-24-20/h3-9,16H,10-15H2,1-2H3,(H3,21,22,25). The minimum atomic E-state index is 0.160. The van der Waals surface area contributed by atoms with Crippen molar-refractivity contribution in [1.82, 2.24) is 14.9 Å². The van der Waals surface area contributed by atoms with Gasteiger partial charge in [-0.25, -0.2) is 9.97 Å². The number of rotatable bonds is 7. The highest BCUT2D eigenvalue weighted by atomic mass is 16.5. The monoisotopic (exact) mass is 383 g/mol. The van der Waals surface area contributed by atoms with Gasteiger partial charge >= 0.3 is 0 Å². The van der Waals surface area contributed by atoms with Gasteiger partial charge in [-0.3, -0.25) is 9.89 Å². The number of piperazine rings is 1. The van der Waals surface area contributed by atoms with Crippen molar-refractivity contribution in [2.75, 3.05) is 49.5 Å². The van der Waals surface area contributed by atoms with Gasteiger partial charge in [0.1, 0.15) is 5.75 Å². The van der Waals surface area contributed by atoms with Gasteiger partial charge in [-0.2, -0.15) is 0 Å². The van der Waals surface area contributed by atoms with E-state index >= 15 is 0 Å². The molecule has 28 heavy (non-hydrogen) atoms. The summed E-state index contributed by atoms with van der Waals surface area (Å²) >= 11 is 0. The quantitative estimate of drug-likeness (QED) is 0.556. The van der Waals surface area contributed by atoms with Crippen molar-refractivity contribution in [2.45, 2.75) is 20.0 Å². The number of anilines is 2. The molecular weight excluding hydrogens is 354 g/mol. The summed E-state index contributed by atoms with van der Waals surface area (Å²) in [7, 11) is 0. The van der Waals surface area contributed by atoms with Crippen molar-refractivity contribution in [3.63, 3.8) is 0 Å². The Kier molecular flexibility index (Phi) is 7.02. The Morgan fingerprint density at radius 1 is 1.14 bits per heavy atom. The van der Waals surface area contributed by atoms with Crippen LogP contribution in [0.15, 0.2) is 47.7 Å². The van der Waals surface area contributed by atoms with E-state index in [1.807, 2.05) is 44.2 Å². The maximum Gasteiger partial charge on any atom is 0.225 e. The fourth-order valence-corrected chi connectivity index (χ4v) is 3.01. The smallest absolute Gasteiger partial charge is 0.225 e. The van der Waals surface area contributed by atoms with Crippen molar-refractivity contribution in [2.24, 2.45) is 10.7 Å². The van der Waals surface area contributed by atoms with Crippen LogP contribution < -0.4 is 20.7 Å². The molecule has 150 valence electrons. The lowest BCUT2D eigenvalue weighted by molar-refractivity contribution is 0.242. The molecule has 1 aliphatic rings. The van der Waals surface area contributed by atoms with E-state index in [2.05, 4.69) is 30.1 Å². The second-order valence-electron chi connectivity index (χ2n) is 6.96. The molecule has 0 spiro atoms. The minimum Gasteiger partial charge on any atom is -0.491 e. The number of hydrogen-bond acceptors (Lipinski definition) is 6. The van der Waals surface area contributed by atoms with Crippen molar-refractivity contribution in [3.8, 4) is 5.75 Å². The lowest BCUT2D eigenvalue weighted by Gasteiger charge is -2.34. The van der Waals surface area contributed by atoms with Gasteiger partial charge in [0.2, 0.25) is 5.95 Å². The first kappa shape index (κ1) is 19.9. The van der Waals surface area contributed by atoms with Gasteiger partial charge in [-0.15, -0.1) is 0 Å². The second kappa shape index (κ2) is 9.89. The summed E-state index contributed by atoms with van der Waals surface area (Å²) in [5.74, 6) is 2.07. The van der Waals surface area contributed by atoms with Crippen molar-refractivity contribution < 1.29 is 4.74 Å². The summed E-state index contributed by atoms with van der Waals surface area (Å²) in [6.45, 7) is 9.34. The number of nitrogens with one attached hydrogen (secondary N) is 1. The van der Waals surface area contributed by atoms with Crippen LogP contribution in [0.25, 0.3) is 0 Å². The van der Waals surface area contributed by atoms with E-state index < -0.39 is 0 Å². The van der Waals surface area contributed by atoms with Gasteiger partial charge in [0.05, 0.1) is 12.6 Å². The average Bonchev–Trinajstić information content (AvgIpc) is 2.70. The van der Waals surface area contributed by atoms with E-state index in [0.29, 0.717) is 12.5 Å². The van der Waals surface area contributed by atoms with Crippen molar-refractivity contribution in [3.05, 3.63) is 42.7 Å². The second-order valence-corrected chi connectivity index (χ2v) is 6.96. The molecule has 0 atom stereocenters. The van der Waals surface area contributed by atoms with Gasteiger partial charge in [0.15, 0.2) is 5.96 Å². The molecule has 3 rings (SSSR count). The Morgan fingerprint density at radius 3 is 2.46 bits per heavy atom. The molecule has 8 nitrogen and oxygen atoms in total. The van der Waals surface area contributed by atoms with Crippen LogP contribution in [-0.4, -0.2) is 66.2 Å². The highest BCUT2D eigenvalue weighted by molar-refractivity contribution is 5.92. The Labute approximate surface area is 166 Å². The van der Waals surface area contributed by atoms with Crippen LogP contribution in [0.2, 0.25) is 0 Å². The number of ether oxygens (including phenoxy) is 1. The minimum absolute atomic E-state index is 0.160. The first-order valence-corrected chi connectivity index (χ1v) is 9.68. The summed E-state index contributed by atoms with van der Waals surface area (Å²) in [4.78, 5) is 17.7. The Balaban J connectivity index is 1.39. The molecule has 2 aromatic rings. The molecule has 1 aliphatic heterocycles. The molecule has 8 heteroatoms. The van der Waals surface area contributed by atoms with Gasteiger partial charge in [-0.1, -0.05) is 0 Å². The Morgan fingerprint density at radius 2 is 1.82 bits per heavy atom. The SMILES string of the molecule is CC(C)Oc1ccc(NC(N)=NCCN2CCN(c3ncccn3)CC2)cc1. The predicted molar refractivity (Wildman–Crippen MR) is 113 cm³/mol. The third-order valence-electron chi connectivity index (χ3n) is 4.40. The van der Waals surface area contributed by atoms with Crippen LogP contribution in [0.3, 0.4) is 0 Å². The van der Waals surface area contributed by atoms with Gasteiger partial charge in [0.25, 0.3) is 0 Å². The normalized spacial score (nSPS) is 15.7. The van der Waals surface area contributed by atoms with E-state index in [1.54, 1.807) is 12.4 Å². The van der Waals surface area contributed by atoms with E-state index in [4.69, 9.17) is 10.5 Å². The molecule has 0 bridgehead atoms. The zero-order chi connectivity index (χ0) is 19.8. The molecule has 0 saturated carbocycles. The average molecular weight is 384 g/mol. The number of nitrogens with two attached hydrogens (primary N) is 1. The molecule has 0 unspecified atom stereocenters. The summed E-state index contributed by atoms with van der Waals surface area (Å²) in [5.41, 5.74) is 6.90. The first-order valence-electron chi connectivity index (χ1n) is 9.68. The van der Waals surface area contributed by atoms with Gasteiger partial charge in [0, 0.05) is 50.8 Å². The van der Waals surface area contributed by atoms with E-state index in [0.717, 1.165) is 50.1 Å². The molecule has 3 N–H and O–H groups in total. The first-order chi connectivity index (χ1) is 13.6. The molecule has 1 aromatic carbocycles. The molecule has 1 saturated heterocycles. The van der Waals surface area contributed by atoms with Crippen LogP contribution >= 0.6 is 0 Å². The highest BCUT2D eigenvalue weighted by Gasteiger charge is 2.18. The van der Waals surface area contributed by atoms with Crippen LogP contribution in [-0.2, 0) is 0 Å². The van der Waals surface area contributed by atoms with Crippen LogP contribution in [0, 0.1) is 0 Å². The van der Waals surface area contributed by atoms with E-state index in [9.17, 15) is 0 Å². The van der Waals surface area contributed by atoms with Gasteiger partial charge < -0.3 is 20.7 Å². The van der Waals surface area contributed by atoms with E-state index in [-0.39, 0.29) is 6.10 Å². The van der Waals surface area contributed by atoms with Crippen LogP contribution in [0.4, 0.5) is 11.6 Å². The fraction of sp³-hybridized carbons (Fsp3) is 0.450. The number of guanidine groups is 1. The number of aliphatic imine (C=N–C) groups is 1. The fourth-order valence-electron chi connectivity index (χ4n) is 3.01. The summed E-state index contributed by atoms with van der Waals surface area (Å²) < 4.78 is 5.64. The molecular formula is C20H29N7O. The predicted octanol–water partition coefficient (Wildman–Crippen LogP) is 1.81. The molecule has 0 amide bonds. The van der Waals surface area contributed by atoms with Crippen LogP contribution in [0.5, 0.6) is 5.75 Å². The lowest BCUT2D eigenvalue weighted by atomic mass is 10.3. The van der Waals surface area contributed by atoms with Crippen molar-refractivity contribution in [1.29, 1.82) is 0 Å². The zero-order valence-electron chi connectivity index (χ0n) is 16.6. The van der Waals surface area contributed by atoms with Gasteiger partial charge in [-0.05, 0) is 44.2 Å². The maximum absolute atomic E-state index is 6.00. The molecule has 1 fully saturated rings. The maximum atomic E-state index is 6.00. The molecule has 1 aromatic heterocycles. The van der Waals surface area contributed by atoms with Crippen LogP contribution in [0.1, 0.15) is 13.8 Å². The number of benzene rings is 1. The molecule has 0 radical (unpaired) electrons. The third kappa shape index (κ3) is 6.09. The Hall–Kier alpha value is -2.87. The number of hydrogen-bond donors (Lipinski definition) is 2. The largest absolute Gasteiger partial charge is 0.491 e. The topological polar surface area (TPSA) is 91.9 Å².